The van der Waals surface area contributed by atoms with Gasteiger partial charge in [0.2, 0.25) is 0 Å². The molecule has 0 aliphatic rings. The van der Waals surface area contributed by atoms with E-state index in [1.165, 1.54) is 12.3 Å². The lowest BCUT2D eigenvalue weighted by molar-refractivity contribution is -0.0980. The predicted molar refractivity (Wildman–Crippen MR) is 50.1 cm³/mol. The summed E-state index contributed by atoms with van der Waals surface area (Å²) in [5.41, 5.74) is 0.149. The monoisotopic (exact) mass is 210 g/mol. The van der Waals surface area contributed by atoms with Gasteiger partial charge in [-0.25, -0.2) is 9.18 Å². The third-order valence-corrected chi connectivity index (χ3v) is 1.76. The minimum absolute atomic E-state index is 0.339. The Hall–Kier alpha value is -2.24. The van der Waals surface area contributed by atoms with Crippen LogP contribution in [0.1, 0.15) is 10.4 Å². The molecule has 0 saturated carbocycles. The molecule has 15 heavy (non-hydrogen) atoms. The quantitative estimate of drug-likeness (QED) is 0.741. The highest BCUT2D eigenvalue weighted by molar-refractivity contribution is 5.93. The zero-order valence-corrected chi connectivity index (χ0v) is 7.53. The smallest absolute Gasteiger partial charge is 0.338 e. The van der Waals surface area contributed by atoms with Gasteiger partial charge in [-0.1, -0.05) is 0 Å². The number of aromatic carboxylic acids is 1. The summed E-state index contributed by atoms with van der Waals surface area (Å²) in [7, 11) is 0. The molecule has 2 aromatic rings. The van der Waals surface area contributed by atoms with E-state index in [-0.39, 0.29) is 5.56 Å². The summed E-state index contributed by atoms with van der Waals surface area (Å²) in [5, 5.41) is 15.4. The van der Waals surface area contributed by atoms with E-state index in [9.17, 15) is 9.18 Å². The number of rotatable bonds is 1. The first-order valence-corrected chi connectivity index (χ1v) is 3.83. The first-order valence-electron chi connectivity index (χ1n) is 3.83. The number of nitrogens with zero attached hydrogens (tertiary/aromatic N) is 1. The Morgan fingerprint density at radius 1 is 1.47 bits per heavy atom. The Labute approximate surface area is 83.5 Å². The van der Waals surface area contributed by atoms with Crippen LogP contribution in [0.5, 0.6) is 0 Å². The average molecular weight is 210 g/mol. The molecule has 1 aromatic heterocycles. The van der Waals surface area contributed by atoms with Gasteiger partial charge in [0.05, 0.1) is 17.3 Å². The highest BCUT2D eigenvalue weighted by atomic mass is 19.1. The first-order chi connectivity index (χ1) is 7.18. The predicted octanol–water partition coefficient (Wildman–Crippen LogP) is 1.22. The van der Waals surface area contributed by atoms with E-state index in [0.29, 0.717) is 10.9 Å². The largest absolute Gasteiger partial charge is 0.478 e. The van der Waals surface area contributed by atoms with Gasteiger partial charge in [-0.2, -0.15) is 5.10 Å². The third-order valence-electron chi connectivity index (χ3n) is 1.76. The van der Waals surface area contributed by atoms with Gasteiger partial charge in [-0.05, 0) is 6.07 Å². The number of carbonyl (C=O) groups excluding carboxylic acids is 1. The molecule has 1 heterocycles. The van der Waals surface area contributed by atoms with Crippen LogP contribution in [-0.4, -0.2) is 28.1 Å². The molecule has 0 atom stereocenters. The molecule has 0 spiro atoms. The number of hydrogen-bond donors (Lipinski definition) is 2. The van der Waals surface area contributed by atoms with E-state index < -0.39 is 11.8 Å². The van der Waals surface area contributed by atoms with Gasteiger partial charge in [0.15, 0.2) is 0 Å². The van der Waals surface area contributed by atoms with Crippen molar-refractivity contribution in [1.82, 2.24) is 10.2 Å². The van der Waals surface area contributed by atoms with Gasteiger partial charge in [0.25, 0.3) is 0 Å². The summed E-state index contributed by atoms with van der Waals surface area (Å²) in [6.07, 6.45) is 1.45. The van der Waals surface area contributed by atoms with Crippen LogP contribution in [0.15, 0.2) is 18.3 Å². The lowest BCUT2D eigenvalue weighted by Gasteiger charge is -1.96. The van der Waals surface area contributed by atoms with Crippen LogP contribution in [0.4, 0.5) is 4.39 Å². The van der Waals surface area contributed by atoms with Crippen LogP contribution >= 0.6 is 0 Å². The zero-order valence-electron chi connectivity index (χ0n) is 7.53. The zero-order chi connectivity index (χ0) is 11.4. The molecule has 0 radical (unpaired) electrons. The summed E-state index contributed by atoms with van der Waals surface area (Å²) in [6.45, 7) is 2.00. The number of benzene rings is 1. The number of aromatic nitrogens is 2. The summed E-state index contributed by atoms with van der Waals surface area (Å²) >= 11 is 0. The van der Waals surface area contributed by atoms with E-state index in [1.54, 1.807) is 0 Å². The molecular weight excluding hydrogens is 203 g/mol. The van der Waals surface area contributed by atoms with Crippen molar-refractivity contribution in [3.05, 3.63) is 29.7 Å². The lowest BCUT2D eigenvalue weighted by atomic mass is 10.1. The summed E-state index contributed by atoms with van der Waals surface area (Å²) in [4.78, 5) is 18.5. The fourth-order valence-corrected chi connectivity index (χ4v) is 1.13. The second kappa shape index (κ2) is 4.32. The molecule has 78 valence electrons. The Morgan fingerprint density at radius 3 is 2.73 bits per heavy atom. The fraction of sp³-hybridized carbons (Fsp3) is 0. The van der Waals surface area contributed by atoms with Crippen molar-refractivity contribution in [2.75, 3.05) is 0 Å². The molecule has 0 aliphatic heterocycles. The van der Waals surface area contributed by atoms with Gasteiger partial charge in [0.1, 0.15) is 12.6 Å². The number of aromatic amines is 1. The Balaban J connectivity index is 0.000000531. The number of hydrogen-bond acceptors (Lipinski definition) is 3. The van der Waals surface area contributed by atoms with E-state index >= 15 is 0 Å². The molecule has 0 unspecified atom stereocenters. The molecule has 6 heteroatoms. The number of fused-ring (bicyclic) bond motifs is 1. The molecule has 2 rings (SSSR count). The van der Waals surface area contributed by atoms with Crippen molar-refractivity contribution in [2.24, 2.45) is 0 Å². The molecule has 0 aliphatic carbocycles. The molecule has 0 saturated heterocycles. The van der Waals surface area contributed by atoms with Crippen molar-refractivity contribution in [1.29, 1.82) is 0 Å². The Morgan fingerprint density at radius 2 is 2.13 bits per heavy atom. The average Bonchev–Trinajstić information content (AvgIpc) is 2.66. The van der Waals surface area contributed by atoms with Gasteiger partial charge < -0.3 is 9.90 Å². The van der Waals surface area contributed by atoms with E-state index in [2.05, 4.69) is 10.2 Å². The normalized spacial score (nSPS) is 9.40. The summed E-state index contributed by atoms with van der Waals surface area (Å²) < 4.78 is 13.0. The highest BCUT2D eigenvalue weighted by Gasteiger charge is 2.11. The second-order valence-corrected chi connectivity index (χ2v) is 2.59. The van der Waals surface area contributed by atoms with Crippen LogP contribution in [0, 0.1) is 5.82 Å². The van der Waals surface area contributed by atoms with Crippen molar-refractivity contribution in [2.45, 2.75) is 0 Å². The van der Waals surface area contributed by atoms with Crippen molar-refractivity contribution in [3.63, 3.8) is 0 Å². The van der Waals surface area contributed by atoms with Crippen molar-refractivity contribution >= 4 is 23.7 Å². The summed E-state index contributed by atoms with van der Waals surface area (Å²) in [5.74, 6) is -2.04. The van der Waals surface area contributed by atoms with E-state index in [0.717, 1.165) is 6.07 Å². The topological polar surface area (TPSA) is 83.1 Å². The fourth-order valence-electron chi connectivity index (χ4n) is 1.13. The van der Waals surface area contributed by atoms with Gasteiger partial charge >= 0.3 is 5.97 Å². The van der Waals surface area contributed by atoms with Crippen LogP contribution in [0.3, 0.4) is 0 Å². The Kier molecular flexibility index (Phi) is 3.12. The van der Waals surface area contributed by atoms with E-state index in [1.807, 2.05) is 6.79 Å². The maximum absolute atomic E-state index is 13.0. The Bertz CT molecular complexity index is 495. The van der Waals surface area contributed by atoms with Crippen molar-refractivity contribution in [3.8, 4) is 0 Å². The molecule has 0 amide bonds. The third kappa shape index (κ3) is 1.98. The van der Waals surface area contributed by atoms with Crippen LogP contribution in [-0.2, 0) is 4.79 Å². The molecular formula is C9H7FN2O3. The first kappa shape index (κ1) is 10.8. The maximum Gasteiger partial charge on any atom is 0.338 e. The van der Waals surface area contributed by atoms with Crippen LogP contribution in [0.25, 0.3) is 10.9 Å². The number of carboxylic acids is 1. The number of carbonyl (C=O) groups is 2. The number of carboxylic acid groups (broad SMARTS) is 1. The molecule has 1 aromatic carbocycles. The summed E-state index contributed by atoms with van der Waals surface area (Å²) in [6, 6.07) is 2.36. The van der Waals surface area contributed by atoms with Crippen LogP contribution < -0.4 is 0 Å². The molecule has 2 N–H and O–H groups in total. The van der Waals surface area contributed by atoms with Crippen molar-refractivity contribution < 1.29 is 19.1 Å². The highest BCUT2D eigenvalue weighted by Crippen LogP contribution is 2.16. The number of H-pyrrole nitrogens is 1. The SMILES string of the molecule is C=O.O=C(O)c1cc2cn[nH]c2cc1F. The molecule has 0 bridgehead atoms. The number of nitrogens with one attached hydrogen (secondary N) is 1. The lowest BCUT2D eigenvalue weighted by Crippen LogP contribution is -1.99. The maximum atomic E-state index is 13.0. The number of halogens is 1. The van der Waals surface area contributed by atoms with Gasteiger partial charge in [0, 0.05) is 11.5 Å². The van der Waals surface area contributed by atoms with Gasteiger partial charge in [-0.15, -0.1) is 0 Å². The molecule has 5 nitrogen and oxygen atoms in total. The van der Waals surface area contributed by atoms with Gasteiger partial charge in [-0.3, -0.25) is 5.10 Å². The second-order valence-electron chi connectivity index (χ2n) is 2.59. The molecule has 0 fully saturated rings. The standard InChI is InChI=1S/C8H5FN2O2.CH2O/c9-6-2-7-4(3-10-11-7)1-5(6)8(12)13;1-2/h1-3H,(H,10,11)(H,12,13);1H2. The minimum Gasteiger partial charge on any atom is -0.478 e. The minimum atomic E-state index is -1.28. The van der Waals surface area contributed by atoms with Crippen LogP contribution in [0.2, 0.25) is 0 Å². The van der Waals surface area contributed by atoms with E-state index in [4.69, 9.17) is 9.90 Å².